The maximum absolute atomic E-state index is 10.7. The Morgan fingerprint density at radius 1 is 1.03 bits per heavy atom. The van der Waals surface area contributed by atoms with Gasteiger partial charge in [-0.15, -0.1) is 0 Å². The molecular formula is C22H19ClN2O4. The molecule has 0 radical (unpaired) electrons. The van der Waals surface area contributed by atoms with Crippen LogP contribution < -0.4 is 9.47 Å². The Bertz CT molecular complexity index is 1000. The lowest BCUT2D eigenvalue weighted by atomic mass is 10.2. The summed E-state index contributed by atoms with van der Waals surface area (Å²) in [6.07, 6.45) is 1.72. The zero-order valence-corrected chi connectivity index (χ0v) is 16.5. The number of nitro groups is 1. The van der Waals surface area contributed by atoms with Crippen molar-refractivity contribution in [1.29, 1.82) is 0 Å². The number of non-ortho nitro benzene ring substituents is 1. The smallest absolute Gasteiger partial charge is 0.269 e. The maximum atomic E-state index is 10.7. The van der Waals surface area contributed by atoms with Gasteiger partial charge >= 0.3 is 0 Å². The van der Waals surface area contributed by atoms with Crippen LogP contribution in [0.1, 0.15) is 18.1 Å². The Hall–Kier alpha value is -3.38. The van der Waals surface area contributed by atoms with E-state index < -0.39 is 4.92 Å². The van der Waals surface area contributed by atoms with Gasteiger partial charge in [-0.1, -0.05) is 11.6 Å². The summed E-state index contributed by atoms with van der Waals surface area (Å²) in [7, 11) is 0. The summed E-state index contributed by atoms with van der Waals surface area (Å²) in [6, 6.07) is 19.1. The third-order valence-electron chi connectivity index (χ3n) is 4.01. The Balaban J connectivity index is 1.61. The topological polar surface area (TPSA) is 74.0 Å². The van der Waals surface area contributed by atoms with Gasteiger partial charge in [-0.25, -0.2) is 0 Å². The predicted octanol–water partition coefficient (Wildman–Crippen LogP) is 5.98. The van der Waals surface area contributed by atoms with Gasteiger partial charge in [-0.05, 0) is 72.6 Å². The van der Waals surface area contributed by atoms with E-state index in [9.17, 15) is 10.1 Å². The van der Waals surface area contributed by atoms with Crippen LogP contribution in [0.15, 0.2) is 71.7 Å². The number of hydrogen-bond donors (Lipinski definition) is 0. The second kappa shape index (κ2) is 9.71. The molecular weight excluding hydrogens is 392 g/mol. The second-order valence-electron chi connectivity index (χ2n) is 6.09. The fourth-order valence-electron chi connectivity index (χ4n) is 2.53. The normalized spacial score (nSPS) is 10.8. The Kier molecular flexibility index (Phi) is 6.81. The van der Waals surface area contributed by atoms with Crippen LogP contribution in [-0.4, -0.2) is 17.7 Å². The van der Waals surface area contributed by atoms with Gasteiger partial charge in [0.2, 0.25) is 0 Å². The molecule has 3 aromatic rings. The van der Waals surface area contributed by atoms with E-state index in [1.54, 1.807) is 30.5 Å². The fourth-order valence-corrected chi connectivity index (χ4v) is 2.78. The molecule has 0 aliphatic heterocycles. The largest absolute Gasteiger partial charge is 0.494 e. The summed E-state index contributed by atoms with van der Waals surface area (Å²) in [4.78, 5) is 14.7. The van der Waals surface area contributed by atoms with E-state index in [1.165, 1.54) is 12.1 Å². The number of halogens is 1. The molecule has 0 aliphatic rings. The molecule has 0 spiro atoms. The lowest BCUT2D eigenvalue weighted by Crippen LogP contribution is -1.97. The van der Waals surface area contributed by atoms with Gasteiger partial charge < -0.3 is 9.47 Å². The molecule has 3 aromatic carbocycles. The highest BCUT2D eigenvalue weighted by Crippen LogP contribution is 2.26. The first-order valence-electron chi connectivity index (χ1n) is 8.98. The minimum absolute atomic E-state index is 0.0444. The zero-order valence-electron chi connectivity index (χ0n) is 15.7. The molecule has 0 atom stereocenters. The Labute approximate surface area is 173 Å². The number of rotatable bonds is 8. The van der Waals surface area contributed by atoms with Crippen molar-refractivity contribution in [3.8, 4) is 11.5 Å². The summed E-state index contributed by atoms with van der Waals surface area (Å²) in [5, 5.41) is 11.2. The highest BCUT2D eigenvalue weighted by molar-refractivity contribution is 6.32. The van der Waals surface area contributed by atoms with E-state index in [-0.39, 0.29) is 12.3 Å². The molecule has 0 saturated heterocycles. The molecule has 0 aliphatic carbocycles. The van der Waals surface area contributed by atoms with E-state index in [0.29, 0.717) is 17.4 Å². The molecule has 0 amide bonds. The number of nitro benzene ring substituents is 1. The van der Waals surface area contributed by atoms with Crippen molar-refractivity contribution in [2.75, 3.05) is 6.61 Å². The van der Waals surface area contributed by atoms with Gasteiger partial charge in [-0.2, -0.15) is 0 Å². The van der Waals surface area contributed by atoms with Crippen LogP contribution in [0.3, 0.4) is 0 Å². The minimum Gasteiger partial charge on any atom is -0.494 e. The molecule has 0 heterocycles. The van der Waals surface area contributed by atoms with Crippen LogP contribution >= 0.6 is 11.6 Å². The first kappa shape index (κ1) is 20.4. The van der Waals surface area contributed by atoms with Gasteiger partial charge in [0.05, 0.1) is 22.2 Å². The molecule has 29 heavy (non-hydrogen) atoms. The lowest BCUT2D eigenvalue weighted by molar-refractivity contribution is -0.384. The number of nitrogens with zero attached hydrogens (tertiary/aromatic N) is 2. The lowest BCUT2D eigenvalue weighted by Gasteiger charge is -2.08. The van der Waals surface area contributed by atoms with Crippen LogP contribution in [0.4, 0.5) is 11.4 Å². The van der Waals surface area contributed by atoms with Crippen molar-refractivity contribution < 1.29 is 14.4 Å². The molecule has 148 valence electrons. The molecule has 0 unspecified atom stereocenters. The third-order valence-corrected chi connectivity index (χ3v) is 4.30. The average molecular weight is 411 g/mol. The Morgan fingerprint density at radius 2 is 1.76 bits per heavy atom. The summed E-state index contributed by atoms with van der Waals surface area (Å²) in [5.41, 5.74) is 2.51. The van der Waals surface area contributed by atoms with E-state index in [4.69, 9.17) is 21.1 Å². The highest BCUT2D eigenvalue weighted by Gasteiger charge is 2.06. The van der Waals surface area contributed by atoms with E-state index in [0.717, 1.165) is 22.6 Å². The summed E-state index contributed by atoms with van der Waals surface area (Å²) < 4.78 is 11.1. The van der Waals surface area contributed by atoms with Gasteiger partial charge in [0, 0.05) is 18.3 Å². The van der Waals surface area contributed by atoms with Crippen LogP contribution in [0.25, 0.3) is 0 Å². The van der Waals surface area contributed by atoms with Crippen molar-refractivity contribution >= 4 is 29.2 Å². The van der Waals surface area contributed by atoms with Gasteiger partial charge in [0.1, 0.15) is 18.1 Å². The number of aliphatic imine (C=N–C) groups is 1. The van der Waals surface area contributed by atoms with Crippen LogP contribution in [0.5, 0.6) is 11.5 Å². The molecule has 0 bridgehead atoms. The van der Waals surface area contributed by atoms with Crippen LogP contribution in [0.2, 0.25) is 5.02 Å². The van der Waals surface area contributed by atoms with Crippen LogP contribution in [0, 0.1) is 10.1 Å². The van der Waals surface area contributed by atoms with Crippen molar-refractivity contribution in [2.45, 2.75) is 13.5 Å². The van der Waals surface area contributed by atoms with Gasteiger partial charge in [0.25, 0.3) is 5.69 Å². The Morgan fingerprint density at radius 3 is 2.38 bits per heavy atom. The number of ether oxygens (including phenoxy) is 2. The third kappa shape index (κ3) is 5.80. The van der Waals surface area contributed by atoms with Crippen molar-refractivity contribution in [3.63, 3.8) is 0 Å². The zero-order chi connectivity index (χ0) is 20.6. The molecule has 0 aromatic heterocycles. The van der Waals surface area contributed by atoms with Crippen molar-refractivity contribution in [3.05, 3.63) is 93.0 Å². The summed E-state index contributed by atoms with van der Waals surface area (Å²) in [5.74, 6) is 1.34. The molecule has 0 saturated carbocycles. The maximum Gasteiger partial charge on any atom is 0.269 e. The first-order valence-corrected chi connectivity index (χ1v) is 9.35. The summed E-state index contributed by atoms with van der Waals surface area (Å²) >= 11 is 6.31. The van der Waals surface area contributed by atoms with Crippen molar-refractivity contribution in [1.82, 2.24) is 0 Å². The molecule has 0 fully saturated rings. The van der Waals surface area contributed by atoms with E-state index in [2.05, 4.69) is 4.99 Å². The van der Waals surface area contributed by atoms with E-state index in [1.807, 2.05) is 37.3 Å². The predicted molar refractivity (Wildman–Crippen MR) is 114 cm³/mol. The average Bonchev–Trinajstić information content (AvgIpc) is 2.73. The summed E-state index contributed by atoms with van der Waals surface area (Å²) in [6.45, 7) is 2.83. The monoisotopic (exact) mass is 410 g/mol. The first-order chi connectivity index (χ1) is 14.0. The number of benzene rings is 3. The quantitative estimate of drug-likeness (QED) is 0.260. The highest BCUT2D eigenvalue weighted by atomic mass is 35.5. The number of hydrogen-bond acceptors (Lipinski definition) is 5. The molecule has 0 N–H and O–H groups in total. The molecule has 6 nitrogen and oxygen atoms in total. The standard InChI is InChI=1S/C22H19ClN2O4/c1-2-28-20-10-6-18(7-11-20)24-14-17-5-12-22(21(23)13-17)29-15-16-3-8-19(9-4-16)25(26)27/h3-14H,2,15H2,1H3. The molecule has 7 heteroatoms. The fraction of sp³-hybridized carbons (Fsp3) is 0.136. The SMILES string of the molecule is CCOc1ccc(N=Cc2ccc(OCc3ccc([N+](=O)[O-])cc3)c(Cl)c2)cc1. The van der Waals surface area contributed by atoms with Crippen LogP contribution in [-0.2, 0) is 6.61 Å². The van der Waals surface area contributed by atoms with E-state index >= 15 is 0 Å². The second-order valence-corrected chi connectivity index (χ2v) is 6.49. The van der Waals surface area contributed by atoms with Gasteiger partial charge in [0.15, 0.2) is 0 Å². The molecule has 3 rings (SSSR count). The van der Waals surface area contributed by atoms with Crippen molar-refractivity contribution in [2.24, 2.45) is 4.99 Å². The van der Waals surface area contributed by atoms with Gasteiger partial charge in [-0.3, -0.25) is 15.1 Å². The minimum atomic E-state index is -0.435.